The quantitative estimate of drug-likeness (QED) is 0.618. The number of carbonyl (C=O) groups is 1. The summed E-state index contributed by atoms with van der Waals surface area (Å²) in [5.41, 5.74) is 0.285. The van der Waals surface area contributed by atoms with Gasteiger partial charge in [0.1, 0.15) is 0 Å². The van der Waals surface area contributed by atoms with Gasteiger partial charge in [-0.05, 0) is 59.3 Å². The van der Waals surface area contributed by atoms with Gasteiger partial charge in [0, 0.05) is 24.3 Å². The molecule has 138 valence electrons. The van der Waals surface area contributed by atoms with Crippen LogP contribution in [-0.2, 0) is 18.8 Å². The molecule has 25 heavy (non-hydrogen) atoms. The highest BCUT2D eigenvalue weighted by atomic mass is 16.7. The number of methoxy groups -OCH3 is 1. The summed E-state index contributed by atoms with van der Waals surface area (Å²) in [6, 6.07) is 0.380. The molecule has 0 aromatic carbocycles. The Kier molecular flexibility index (Phi) is 4.99. The van der Waals surface area contributed by atoms with E-state index in [0.717, 1.165) is 31.1 Å². The van der Waals surface area contributed by atoms with Gasteiger partial charge in [0.15, 0.2) is 0 Å². The summed E-state index contributed by atoms with van der Waals surface area (Å²) in [6.45, 7) is 8.22. The second kappa shape index (κ2) is 6.76. The average Bonchev–Trinajstić information content (AvgIpc) is 3.11. The van der Waals surface area contributed by atoms with Crippen LogP contribution in [0.25, 0.3) is 0 Å². The number of hydrogen-bond donors (Lipinski definition) is 0. The van der Waals surface area contributed by atoms with Gasteiger partial charge in [-0.15, -0.1) is 0 Å². The van der Waals surface area contributed by atoms with Crippen molar-refractivity contribution in [1.82, 2.24) is 9.78 Å². The molecule has 1 aliphatic carbocycles. The van der Waals surface area contributed by atoms with Crippen molar-refractivity contribution in [2.75, 3.05) is 7.11 Å². The Labute approximate surface area is 150 Å². The van der Waals surface area contributed by atoms with Gasteiger partial charge in [0.2, 0.25) is 0 Å². The molecule has 0 bridgehead atoms. The van der Waals surface area contributed by atoms with E-state index in [1.165, 1.54) is 7.11 Å². The van der Waals surface area contributed by atoms with E-state index in [1.54, 1.807) is 0 Å². The second-order valence-electron chi connectivity index (χ2n) is 8.30. The predicted molar refractivity (Wildman–Crippen MR) is 95.6 cm³/mol. The monoisotopic (exact) mass is 348 g/mol. The van der Waals surface area contributed by atoms with Gasteiger partial charge in [-0.3, -0.25) is 9.48 Å². The molecule has 6 nitrogen and oxygen atoms in total. The number of esters is 1. The largest absolute Gasteiger partial charge is 0.498 e. The highest BCUT2D eigenvalue weighted by molar-refractivity contribution is 6.62. The molecular weight excluding hydrogens is 319 g/mol. The highest BCUT2D eigenvalue weighted by Crippen LogP contribution is 2.37. The zero-order chi connectivity index (χ0) is 18.2. The maximum absolute atomic E-state index is 11.4. The van der Waals surface area contributed by atoms with Crippen LogP contribution in [0, 0.1) is 5.92 Å². The topological polar surface area (TPSA) is 62.6 Å². The van der Waals surface area contributed by atoms with Crippen LogP contribution in [0.1, 0.15) is 65.8 Å². The molecule has 1 aromatic heterocycles. The van der Waals surface area contributed by atoms with Gasteiger partial charge in [0.25, 0.3) is 0 Å². The van der Waals surface area contributed by atoms with Crippen molar-refractivity contribution in [3.63, 3.8) is 0 Å². The third kappa shape index (κ3) is 3.77. The lowest BCUT2D eigenvalue weighted by molar-refractivity contribution is -0.142. The molecule has 2 fully saturated rings. The summed E-state index contributed by atoms with van der Waals surface area (Å²) in [4.78, 5) is 11.4. The molecule has 0 N–H and O–H groups in total. The minimum Gasteiger partial charge on any atom is -0.469 e. The number of rotatable bonds is 4. The summed E-state index contributed by atoms with van der Waals surface area (Å²) in [7, 11) is 1.09. The van der Waals surface area contributed by atoms with Crippen molar-refractivity contribution < 1.29 is 18.8 Å². The molecule has 7 heteroatoms. The number of ether oxygens (including phenoxy) is 1. The SMILES string of the molecule is COC(=O)CC1CCC(n2cc(B3OC(C)(C)C(C)(C)O3)cn2)CC1. The number of aromatic nitrogens is 2. The molecule has 2 heterocycles. The molecule has 1 saturated carbocycles. The normalized spacial score (nSPS) is 28.1. The third-order valence-corrected chi connectivity index (χ3v) is 6.02. The Bertz CT molecular complexity index is 604. The van der Waals surface area contributed by atoms with Crippen LogP contribution in [0.5, 0.6) is 0 Å². The minimum atomic E-state index is -0.366. The van der Waals surface area contributed by atoms with E-state index in [-0.39, 0.29) is 24.3 Å². The Hall–Kier alpha value is -1.34. The third-order valence-electron chi connectivity index (χ3n) is 6.02. The van der Waals surface area contributed by atoms with Crippen LogP contribution < -0.4 is 5.46 Å². The van der Waals surface area contributed by atoms with E-state index in [2.05, 4.69) is 32.8 Å². The fourth-order valence-corrected chi connectivity index (χ4v) is 3.59. The summed E-state index contributed by atoms with van der Waals surface area (Å²) in [5, 5.41) is 4.55. The van der Waals surface area contributed by atoms with Gasteiger partial charge in [0.05, 0.1) is 24.4 Å². The highest BCUT2D eigenvalue weighted by Gasteiger charge is 2.52. The molecule has 3 rings (SSSR count). The zero-order valence-corrected chi connectivity index (χ0v) is 15.9. The molecular formula is C18H29BN2O4. The molecule has 1 aliphatic heterocycles. The molecule has 1 saturated heterocycles. The van der Waals surface area contributed by atoms with E-state index < -0.39 is 0 Å². The Balaban J connectivity index is 1.59. The minimum absolute atomic E-state index is 0.106. The van der Waals surface area contributed by atoms with Crippen LogP contribution in [-0.4, -0.2) is 41.2 Å². The first-order chi connectivity index (χ1) is 11.7. The number of hydrogen-bond acceptors (Lipinski definition) is 5. The molecule has 0 unspecified atom stereocenters. The lowest BCUT2D eigenvalue weighted by Crippen LogP contribution is -2.41. The Morgan fingerprint density at radius 3 is 2.40 bits per heavy atom. The van der Waals surface area contributed by atoms with Crippen LogP contribution >= 0.6 is 0 Å². The molecule has 0 amide bonds. The summed E-state index contributed by atoms with van der Waals surface area (Å²) < 4.78 is 19.0. The van der Waals surface area contributed by atoms with Gasteiger partial charge in [-0.2, -0.15) is 5.10 Å². The zero-order valence-electron chi connectivity index (χ0n) is 15.9. The van der Waals surface area contributed by atoms with Crippen LogP contribution in [0.4, 0.5) is 0 Å². The fourth-order valence-electron chi connectivity index (χ4n) is 3.59. The number of carbonyl (C=O) groups excluding carboxylic acids is 1. The van der Waals surface area contributed by atoms with Crippen LogP contribution in [0.2, 0.25) is 0 Å². The Morgan fingerprint density at radius 2 is 1.84 bits per heavy atom. The second-order valence-corrected chi connectivity index (χ2v) is 8.30. The van der Waals surface area contributed by atoms with Gasteiger partial charge >= 0.3 is 13.1 Å². The van der Waals surface area contributed by atoms with E-state index in [0.29, 0.717) is 18.4 Å². The van der Waals surface area contributed by atoms with E-state index in [4.69, 9.17) is 14.0 Å². The van der Waals surface area contributed by atoms with Gasteiger partial charge in [-0.1, -0.05) is 0 Å². The molecule has 0 radical (unpaired) electrons. The predicted octanol–water partition coefficient (Wildman–Crippen LogP) is 2.48. The van der Waals surface area contributed by atoms with Crippen molar-refractivity contribution in [3.8, 4) is 0 Å². The standard InChI is InChI=1S/C18H29BN2O4/c1-17(2)18(3,4)25-19(24-17)14-11-20-21(12-14)15-8-6-13(7-9-15)10-16(22)23-5/h11-13,15H,6-10H2,1-5H3. The Morgan fingerprint density at radius 1 is 1.24 bits per heavy atom. The molecule has 1 aromatic rings. The summed E-state index contributed by atoms with van der Waals surface area (Å²) in [6.07, 6.45) is 8.56. The number of nitrogens with zero attached hydrogens (tertiary/aromatic N) is 2. The van der Waals surface area contributed by atoms with Crippen LogP contribution in [0.3, 0.4) is 0 Å². The fraction of sp³-hybridized carbons (Fsp3) is 0.778. The van der Waals surface area contributed by atoms with Crippen molar-refractivity contribution in [3.05, 3.63) is 12.4 Å². The lowest BCUT2D eigenvalue weighted by Gasteiger charge is -2.32. The average molecular weight is 348 g/mol. The molecule has 0 atom stereocenters. The van der Waals surface area contributed by atoms with E-state index in [9.17, 15) is 4.79 Å². The van der Waals surface area contributed by atoms with E-state index in [1.807, 2.05) is 17.1 Å². The van der Waals surface area contributed by atoms with Crippen molar-refractivity contribution in [1.29, 1.82) is 0 Å². The van der Waals surface area contributed by atoms with Gasteiger partial charge in [-0.25, -0.2) is 0 Å². The van der Waals surface area contributed by atoms with Crippen LogP contribution in [0.15, 0.2) is 12.4 Å². The maximum Gasteiger partial charge on any atom is 0.498 e. The van der Waals surface area contributed by atoms with Gasteiger partial charge < -0.3 is 14.0 Å². The lowest BCUT2D eigenvalue weighted by atomic mass is 9.81. The van der Waals surface area contributed by atoms with Crippen molar-refractivity contribution in [2.45, 2.75) is 77.0 Å². The van der Waals surface area contributed by atoms with Crippen molar-refractivity contribution in [2.24, 2.45) is 5.92 Å². The first kappa shape index (κ1) is 18.5. The first-order valence-corrected chi connectivity index (χ1v) is 9.18. The maximum atomic E-state index is 11.4. The smallest absolute Gasteiger partial charge is 0.469 e. The summed E-state index contributed by atoms with van der Waals surface area (Å²) in [5.74, 6) is 0.326. The molecule has 0 spiro atoms. The summed E-state index contributed by atoms with van der Waals surface area (Å²) >= 11 is 0. The van der Waals surface area contributed by atoms with E-state index >= 15 is 0 Å². The first-order valence-electron chi connectivity index (χ1n) is 9.18. The van der Waals surface area contributed by atoms with Crippen molar-refractivity contribution >= 4 is 18.6 Å². The molecule has 2 aliphatic rings.